The van der Waals surface area contributed by atoms with Gasteiger partial charge in [-0.05, 0) is 73.3 Å². The number of aliphatic hydroxyl groups excluding tert-OH is 1. The van der Waals surface area contributed by atoms with E-state index in [9.17, 15) is 44.7 Å². The molecular weight excluding hydrogens is 506 g/mol. The quantitative estimate of drug-likeness (QED) is 0.245. The third-order valence-electron chi connectivity index (χ3n) is 10.5. The average molecular weight is 536 g/mol. The van der Waals surface area contributed by atoms with Crippen molar-refractivity contribution in [2.24, 2.45) is 41.2 Å². The van der Waals surface area contributed by atoms with Crippen molar-refractivity contribution in [2.75, 3.05) is 0 Å². The highest BCUT2D eigenvalue weighted by atomic mass is 16.3. The van der Waals surface area contributed by atoms with Crippen LogP contribution in [0.3, 0.4) is 0 Å². The van der Waals surface area contributed by atoms with Crippen LogP contribution < -0.4 is 5.73 Å². The summed E-state index contributed by atoms with van der Waals surface area (Å²) in [6.07, 6.45) is 2.88. The molecule has 0 saturated heterocycles. The largest absolute Gasteiger partial charge is 0.507 e. The lowest BCUT2D eigenvalue weighted by Crippen LogP contribution is -2.65. The number of fused-ring (bicyclic) bond motifs is 3. The molecule has 0 radical (unpaired) electrons. The highest BCUT2D eigenvalue weighted by Gasteiger charge is 2.65. The molecule has 10 nitrogen and oxygen atoms in total. The first-order chi connectivity index (χ1) is 18.4. The van der Waals surface area contributed by atoms with Gasteiger partial charge in [-0.25, -0.2) is 0 Å². The molecule has 0 spiro atoms. The summed E-state index contributed by atoms with van der Waals surface area (Å²) in [6, 6.07) is 3.25. The van der Waals surface area contributed by atoms with Gasteiger partial charge in [-0.2, -0.15) is 0 Å². The summed E-state index contributed by atoms with van der Waals surface area (Å²) in [5.41, 5.74) is 1.60. The predicted octanol–water partition coefficient (Wildman–Crippen LogP) is 1.72. The molecule has 10 heteroatoms. The van der Waals surface area contributed by atoms with Gasteiger partial charge in [0.2, 0.25) is 11.7 Å². The van der Waals surface area contributed by atoms with Crippen LogP contribution in [0.4, 0.5) is 0 Å². The molecule has 5 fully saturated rings. The summed E-state index contributed by atoms with van der Waals surface area (Å²) in [5, 5.41) is 56.4. The number of hydrogen-bond acceptors (Lipinski definition) is 9. The Morgan fingerprint density at radius 2 is 1.51 bits per heavy atom. The molecule has 0 aromatic heterocycles. The van der Waals surface area contributed by atoms with E-state index in [0.29, 0.717) is 29.2 Å². The number of hydrogen-bond donors (Lipinski definition) is 6. The molecule has 1 amide bonds. The van der Waals surface area contributed by atoms with E-state index >= 15 is 0 Å². The van der Waals surface area contributed by atoms with Crippen LogP contribution >= 0.6 is 0 Å². The molecule has 8 rings (SSSR count). The Morgan fingerprint density at radius 1 is 0.897 bits per heavy atom. The molecule has 7 N–H and O–H groups in total. The van der Waals surface area contributed by atoms with E-state index in [4.69, 9.17) is 5.73 Å². The molecule has 39 heavy (non-hydrogen) atoms. The lowest BCUT2D eigenvalue weighted by atomic mass is 9.50. The van der Waals surface area contributed by atoms with Crippen molar-refractivity contribution in [3.8, 4) is 17.2 Å². The predicted molar refractivity (Wildman–Crippen MR) is 134 cm³/mol. The number of ketones is 3. The lowest BCUT2D eigenvalue weighted by Gasteiger charge is -2.54. The van der Waals surface area contributed by atoms with Crippen LogP contribution in [-0.4, -0.2) is 54.4 Å². The molecule has 0 heterocycles. The number of phenols is 3. The van der Waals surface area contributed by atoms with Crippen molar-refractivity contribution < 1.29 is 44.7 Å². The summed E-state index contributed by atoms with van der Waals surface area (Å²) in [5.74, 6) is -8.43. The number of Topliss-reactive ketones (excluding diaryl/α,β-unsaturated/α-hetero) is 3. The molecule has 5 saturated carbocycles. The van der Waals surface area contributed by atoms with Crippen LogP contribution in [0.2, 0.25) is 0 Å². The third kappa shape index (κ3) is 2.93. The maximum atomic E-state index is 13.7. The van der Waals surface area contributed by atoms with Crippen molar-refractivity contribution >= 4 is 34.0 Å². The van der Waals surface area contributed by atoms with Crippen LogP contribution in [0.1, 0.15) is 72.0 Å². The summed E-state index contributed by atoms with van der Waals surface area (Å²) >= 11 is 0. The number of carbonyl (C=O) groups is 4. The first-order valence-corrected chi connectivity index (χ1v) is 13.5. The Hall–Kier alpha value is -3.50. The summed E-state index contributed by atoms with van der Waals surface area (Å²) < 4.78 is 0. The summed E-state index contributed by atoms with van der Waals surface area (Å²) in [4.78, 5) is 51.2. The zero-order valence-electron chi connectivity index (χ0n) is 21.0. The van der Waals surface area contributed by atoms with Gasteiger partial charge in [0.25, 0.3) is 0 Å². The van der Waals surface area contributed by atoms with Gasteiger partial charge in [0.1, 0.15) is 17.2 Å². The fraction of sp³-hybridized carbons (Fsp3) is 0.517. The van der Waals surface area contributed by atoms with Crippen molar-refractivity contribution in [1.29, 1.82) is 0 Å². The Kier molecular flexibility index (Phi) is 4.90. The van der Waals surface area contributed by atoms with E-state index in [1.165, 1.54) is 12.5 Å². The number of nitrogens with two attached hydrogens (primary N) is 1. The molecule has 2 aromatic rings. The number of rotatable bonds is 2. The van der Waals surface area contributed by atoms with Crippen molar-refractivity contribution in [1.82, 2.24) is 0 Å². The Labute approximate surface area is 222 Å². The lowest BCUT2D eigenvalue weighted by molar-refractivity contribution is -0.163. The van der Waals surface area contributed by atoms with E-state index in [0.717, 1.165) is 25.7 Å². The van der Waals surface area contributed by atoms with Crippen LogP contribution in [0.5, 0.6) is 17.2 Å². The van der Waals surface area contributed by atoms with Crippen molar-refractivity contribution in [3.05, 3.63) is 28.8 Å². The number of benzene rings is 2. The van der Waals surface area contributed by atoms with E-state index < -0.39 is 75.8 Å². The minimum atomic E-state index is -3.04. The van der Waals surface area contributed by atoms with Crippen LogP contribution in [0.25, 0.3) is 10.8 Å². The molecular formula is C29H29NO9. The van der Waals surface area contributed by atoms with Crippen molar-refractivity contribution in [2.45, 2.75) is 56.1 Å². The summed E-state index contributed by atoms with van der Waals surface area (Å²) in [7, 11) is 0. The fourth-order valence-electron chi connectivity index (χ4n) is 9.11. The minimum Gasteiger partial charge on any atom is -0.507 e. The topological polar surface area (TPSA) is 195 Å². The zero-order valence-corrected chi connectivity index (χ0v) is 21.0. The van der Waals surface area contributed by atoms with E-state index in [-0.39, 0.29) is 22.4 Å². The molecule has 4 bridgehead atoms. The van der Waals surface area contributed by atoms with E-state index in [2.05, 4.69) is 0 Å². The number of carbonyl (C=O) groups excluding carboxylic acids is 4. The number of amides is 1. The molecule has 4 atom stereocenters. The monoisotopic (exact) mass is 535 g/mol. The Bertz CT molecular complexity index is 1500. The average Bonchev–Trinajstić information content (AvgIpc) is 2.86. The van der Waals surface area contributed by atoms with Crippen LogP contribution in [-0.2, 0) is 14.4 Å². The maximum absolute atomic E-state index is 13.7. The SMILES string of the molecule is NC(=O)C1C(=O)C[C@@H]2[C@@H](O)c3c(c(O)c4c(O)c(C5C6CC7CC(C6)CC5C7)ccc4c3O)C(=O)[C@]2(O)C1=O. The van der Waals surface area contributed by atoms with Gasteiger partial charge in [0.05, 0.1) is 17.1 Å². The molecule has 1 unspecified atom stereocenters. The van der Waals surface area contributed by atoms with Gasteiger partial charge in [0.15, 0.2) is 23.1 Å². The molecule has 2 aromatic carbocycles. The highest BCUT2D eigenvalue weighted by molar-refractivity contribution is 6.32. The van der Waals surface area contributed by atoms with E-state index in [1.807, 2.05) is 0 Å². The fourth-order valence-corrected chi connectivity index (χ4v) is 9.11. The van der Waals surface area contributed by atoms with Gasteiger partial charge < -0.3 is 31.3 Å². The Balaban J connectivity index is 1.42. The summed E-state index contributed by atoms with van der Waals surface area (Å²) in [6.45, 7) is 0. The molecule has 6 aliphatic carbocycles. The van der Waals surface area contributed by atoms with Gasteiger partial charge in [-0.1, -0.05) is 6.07 Å². The number of phenolic OH excluding ortho intramolecular Hbond substituents is 3. The Morgan fingerprint density at radius 3 is 2.10 bits per heavy atom. The zero-order chi connectivity index (χ0) is 27.7. The highest BCUT2D eigenvalue weighted by Crippen LogP contribution is 2.62. The van der Waals surface area contributed by atoms with Crippen LogP contribution in [0.15, 0.2) is 12.1 Å². The molecule has 6 aliphatic rings. The number of aliphatic hydroxyl groups is 2. The van der Waals surface area contributed by atoms with Crippen LogP contribution in [0, 0.1) is 35.5 Å². The second kappa shape index (κ2) is 7.79. The number of primary amides is 1. The van der Waals surface area contributed by atoms with E-state index in [1.54, 1.807) is 6.07 Å². The first kappa shape index (κ1) is 24.5. The second-order valence-electron chi connectivity index (χ2n) is 12.4. The second-order valence-corrected chi connectivity index (χ2v) is 12.4. The minimum absolute atomic E-state index is 0.0166. The standard InChI is InChI=1S/C29H29NO9/c30-28(38)19-16(31)8-15-24(34)20-21(27(37)29(15,39)26(19)36)25(35)18-14(23(20)33)2-1-13(22(18)32)17-11-4-9-3-10(6-11)7-12(17)5-9/h1-2,9-12,15,17,19,24,32-35,39H,3-8H2,(H2,30,38)/t9?,10?,11?,12?,15-,17?,19?,24-,29-/m1/s1. The van der Waals surface area contributed by atoms with Crippen molar-refractivity contribution in [3.63, 3.8) is 0 Å². The molecule has 204 valence electrons. The first-order valence-electron chi connectivity index (χ1n) is 13.5. The van der Waals surface area contributed by atoms with Gasteiger partial charge in [-0.15, -0.1) is 0 Å². The normalized spacial score (nSPS) is 38.7. The van der Waals surface area contributed by atoms with Gasteiger partial charge >= 0.3 is 0 Å². The smallest absolute Gasteiger partial charge is 0.235 e. The maximum Gasteiger partial charge on any atom is 0.235 e. The van der Waals surface area contributed by atoms with Gasteiger partial charge in [-0.3, -0.25) is 19.2 Å². The number of aromatic hydroxyl groups is 3. The molecule has 0 aliphatic heterocycles. The van der Waals surface area contributed by atoms with Gasteiger partial charge in [0, 0.05) is 23.3 Å². The third-order valence-corrected chi connectivity index (χ3v) is 10.5.